The summed E-state index contributed by atoms with van der Waals surface area (Å²) in [7, 11) is 0. The Hall–Kier alpha value is -2.62. The molecule has 3 aromatic rings. The van der Waals surface area contributed by atoms with Gasteiger partial charge in [0.25, 0.3) is 0 Å². The van der Waals surface area contributed by atoms with Gasteiger partial charge < -0.3 is 10.6 Å². The van der Waals surface area contributed by atoms with Crippen LogP contribution in [0.2, 0.25) is 0 Å². The molecule has 1 aromatic carbocycles. The van der Waals surface area contributed by atoms with Crippen molar-refractivity contribution in [1.29, 1.82) is 0 Å². The lowest BCUT2D eigenvalue weighted by molar-refractivity contribution is 1.04. The fraction of sp³-hybridized carbons (Fsp3) is 0.263. The maximum Gasteiger partial charge on any atom is 0.126 e. The number of aryl methyl sites for hydroxylation is 2. The van der Waals surface area contributed by atoms with Crippen molar-refractivity contribution in [2.45, 2.75) is 20.3 Å². The maximum absolute atomic E-state index is 4.69. The maximum atomic E-state index is 4.69. The minimum atomic E-state index is 0.796. The van der Waals surface area contributed by atoms with Crippen LogP contribution in [-0.2, 0) is 6.42 Å². The topological polar surface area (TPSA) is 49.8 Å². The molecule has 4 nitrogen and oxygen atoms in total. The molecule has 2 heterocycles. The van der Waals surface area contributed by atoms with Crippen LogP contribution < -0.4 is 10.6 Å². The van der Waals surface area contributed by atoms with E-state index < -0.39 is 0 Å². The second kappa shape index (κ2) is 7.09. The van der Waals surface area contributed by atoms with Gasteiger partial charge in [0.15, 0.2) is 0 Å². The number of nitrogens with one attached hydrogen (secondary N) is 2. The highest BCUT2D eigenvalue weighted by molar-refractivity contribution is 5.84. The number of hydrogen-bond acceptors (Lipinski definition) is 4. The number of rotatable bonds is 6. The van der Waals surface area contributed by atoms with Crippen LogP contribution >= 0.6 is 0 Å². The van der Waals surface area contributed by atoms with E-state index in [0.717, 1.165) is 36.7 Å². The first-order chi connectivity index (χ1) is 11.3. The smallest absolute Gasteiger partial charge is 0.126 e. The van der Waals surface area contributed by atoms with Crippen LogP contribution in [0.25, 0.3) is 10.9 Å². The summed E-state index contributed by atoms with van der Waals surface area (Å²) in [6.07, 6.45) is 2.87. The molecular weight excluding hydrogens is 284 g/mol. The zero-order valence-corrected chi connectivity index (χ0v) is 13.6. The molecule has 0 saturated heterocycles. The number of pyridine rings is 2. The lowest BCUT2D eigenvalue weighted by Crippen LogP contribution is -2.15. The Morgan fingerprint density at radius 1 is 0.957 bits per heavy atom. The number of benzene rings is 1. The molecule has 4 heteroatoms. The minimum Gasteiger partial charge on any atom is -0.368 e. The van der Waals surface area contributed by atoms with Gasteiger partial charge in [-0.25, -0.2) is 9.97 Å². The largest absolute Gasteiger partial charge is 0.368 e. The lowest BCUT2D eigenvalue weighted by Gasteiger charge is -2.11. The van der Waals surface area contributed by atoms with E-state index in [1.165, 1.54) is 16.5 Å². The fourth-order valence-electron chi connectivity index (χ4n) is 2.58. The van der Waals surface area contributed by atoms with Gasteiger partial charge in [0.05, 0.1) is 5.52 Å². The predicted molar refractivity (Wildman–Crippen MR) is 97.1 cm³/mol. The van der Waals surface area contributed by atoms with E-state index in [9.17, 15) is 0 Å². The molecule has 0 unspecified atom stereocenters. The molecule has 2 aromatic heterocycles. The number of nitrogens with zero attached hydrogens (tertiary/aromatic N) is 2. The SMILES string of the molecule is CCc1cc(NCCNc2ccc(C)cn2)nc2ccccc12. The second-order valence-corrected chi connectivity index (χ2v) is 5.61. The molecule has 2 N–H and O–H groups in total. The quantitative estimate of drug-likeness (QED) is 0.675. The van der Waals surface area contributed by atoms with Crippen molar-refractivity contribution in [2.75, 3.05) is 23.7 Å². The van der Waals surface area contributed by atoms with Crippen LogP contribution in [0.3, 0.4) is 0 Å². The number of aromatic nitrogens is 2. The molecule has 0 spiro atoms. The predicted octanol–water partition coefficient (Wildman–Crippen LogP) is 4.02. The third kappa shape index (κ3) is 3.77. The van der Waals surface area contributed by atoms with Gasteiger partial charge in [-0.05, 0) is 42.7 Å². The summed E-state index contributed by atoms with van der Waals surface area (Å²) in [5.41, 5.74) is 3.54. The van der Waals surface area contributed by atoms with Gasteiger partial charge in [0.1, 0.15) is 11.6 Å². The molecule has 0 atom stereocenters. The third-order valence-corrected chi connectivity index (χ3v) is 3.83. The Morgan fingerprint density at radius 3 is 2.48 bits per heavy atom. The standard InChI is InChI=1S/C19H22N4/c1-3-15-12-19(23-17-7-5-4-6-16(15)17)21-11-10-20-18-9-8-14(2)13-22-18/h4-9,12-13H,3,10-11H2,1-2H3,(H,20,22)(H,21,23). The van der Waals surface area contributed by atoms with E-state index in [0.29, 0.717) is 0 Å². The first kappa shape index (κ1) is 15.3. The Morgan fingerprint density at radius 2 is 1.74 bits per heavy atom. The van der Waals surface area contributed by atoms with Crippen LogP contribution in [0.5, 0.6) is 0 Å². The summed E-state index contributed by atoms with van der Waals surface area (Å²) >= 11 is 0. The Bertz CT molecular complexity index is 781. The summed E-state index contributed by atoms with van der Waals surface area (Å²) in [4.78, 5) is 9.02. The molecule has 0 fully saturated rings. The lowest BCUT2D eigenvalue weighted by atomic mass is 10.1. The van der Waals surface area contributed by atoms with Gasteiger partial charge in [-0.1, -0.05) is 31.2 Å². The number of hydrogen-bond donors (Lipinski definition) is 2. The average Bonchev–Trinajstić information content (AvgIpc) is 2.59. The van der Waals surface area contributed by atoms with Gasteiger partial charge in [-0.2, -0.15) is 0 Å². The van der Waals surface area contributed by atoms with Crippen molar-refractivity contribution in [3.63, 3.8) is 0 Å². The average molecular weight is 306 g/mol. The summed E-state index contributed by atoms with van der Waals surface area (Å²) in [5, 5.41) is 7.94. The van der Waals surface area contributed by atoms with E-state index in [-0.39, 0.29) is 0 Å². The molecule has 0 bridgehead atoms. The van der Waals surface area contributed by atoms with Crippen LogP contribution in [0.1, 0.15) is 18.1 Å². The molecule has 118 valence electrons. The first-order valence-electron chi connectivity index (χ1n) is 8.05. The number of anilines is 2. The zero-order chi connectivity index (χ0) is 16.1. The van der Waals surface area contributed by atoms with Gasteiger partial charge >= 0.3 is 0 Å². The van der Waals surface area contributed by atoms with Gasteiger partial charge in [0, 0.05) is 24.7 Å². The van der Waals surface area contributed by atoms with Crippen LogP contribution in [-0.4, -0.2) is 23.1 Å². The Labute approximate surface area is 137 Å². The van der Waals surface area contributed by atoms with Gasteiger partial charge in [0.2, 0.25) is 0 Å². The van der Waals surface area contributed by atoms with Gasteiger partial charge in [-0.15, -0.1) is 0 Å². The van der Waals surface area contributed by atoms with Crippen molar-refractivity contribution in [3.8, 4) is 0 Å². The summed E-state index contributed by atoms with van der Waals surface area (Å²) in [6, 6.07) is 14.5. The van der Waals surface area contributed by atoms with Crippen molar-refractivity contribution in [3.05, 3.63) is 59.8 Å². The van der Waals surface area contributed by atoms with Gasteiger partial charge in [-0.3, -0.25) is 0 Å². The molecule has 0 aliphatic carbocycles. The third-order valence-electron chi connectivity index (χ3n) is 3.83. The summed E-state index contributed by atoms with van der Waals surface area (Å²) in [5.74, 6) is 1.83. The van der Waals surface area contributed by atoms with E-state index >= 15 is 0 Å². The molecule has 0 amide bonds. The highest BCUT2D eigenvalue weighted by Crippen LogP contribution is 2.21. The van der Waals surface area contributed by atoms with Crippen molar-refractivity contribution in [1.82, 2.24) is 9.97 Å². The van der Waals surface area contributed by atoms with Crippen molar-refractivity contribution < 1.29 is 0 Å². The van der Waals surface area contributed by atoms with Crippen molar-refractivity contribution in [2.24, 2.45) is 0 Å². The van der Waals surface area contributed by atoms with E-state index in [1.807, 2.05) is 25.3 Å². The number of para-hydroxylation sites is 1. The normalized spacial score (nSPS) is 10.7. The van der Waals surface area contributed by atoms with Crippen molar-refractivity contribution >= 4 is 22.5 Å². The molecule has 0 aliphatic heterocycles. The van der Waals surface area contributed by atoms with E-state index in [1.54, 1.807) is 0 Å². The number of fused-ring (bicyclic) bond motifs is 1. The molecule has 23 heavy (non-hydrogen) atoms. The van der Waals surface area contributed by atoms with E-state index in [2.05, 4.69) is 57.9 Å². The highest BCUT2D eigenvalue weighted by atomic mass is 15.0. The molecule has 0 radical (unpaired) electrons. The molecular formula is C19H22N4. The summed E-state index contributed by atoms with van der Waals surface area (Å²) in [6.45, 7) is 5.81. The van der Waals surface area contributed by atoms with E-state index in [4.69, 9.17) is 0 Å². The Balaban J connectivity index is 1.62. The first-order valence-corrected chi connectivity index (χ1v) is 8.05. The molecule has 3 rings (SSSR count). The second-order valence-electron chi connectivity index (χ2n) is 5.61. The van der Waals surface area contributed by atoms with Crippen LogP contribution in [0.15, 0.2) is 48.7 Å². The molecule has 0 saturated carbocycles. The van der Waals surface area contributed by atoms with Crippen LogP contribution in [0.4, 0.5) is 11.6 Å². The zero-order valence-electron chi connectivity index (χ0n) is 13.6. The molecule has 0 aliphatic rings. The fourth-order valence-corrected chi connectivity index (χ4v) is 2.58. The monoisotopic (exact) mass is 306 g/mol. The summed E-state index contributed by atoms with van der Waals surface area (Å²) < 4.78 is 0. The Kier molecular flexibility index (Phi) is 4.71. The highest BCUT2D eigenvalue weighted by Gasteiger charge is 2.03. The van der Waals surface area contributed by atoms with Crippen LogP contribution in [0, 0.1) is 6.92 Å². The minimum absolute atomic E-state index is 0.796.